The lowest BCUT2D eigenvalue weighted by molar-refractivity contribution is -0.131. The number of carbonyl (C=O) groups excluding carboxylic acids is 1. The van der Waals surface area contributed by atoms with Gasteiger partial charge in [-0.1, -0.05) is 0 Å². The van der Waals surface area contributed by atoms with Gasteiger partial charge in [0, 0.05) is 10.3 Å². The highest BCUT2D eigenvalue weighted by Gasteiger charge is 2.60. The van der Waals surface area contributed by atoms with Crippen molar-refractivity contribution in [1.29, 1.82) is 0 Å². The van der Waals surface area contributed by atoms with E-state index in [-0.39, 0.29) is 33.2 Å². The van der Waals surface area contributed by atoms with Gasteiger partial charge in [-0.05, 0) is 74.1 Å². The summed E-state index contributed by atoms with van der Waals surface area (Å²) in [7, 11) is 2.66. The maximum absolute atomic E-state index is 12.8. The molecular formula is C23H24ClF2NO5. The number of halogens is 3. The van der Waals surface area contributed by atoms with Gasteiger partial charge in [-0.15, -0.1) is 11.6 Å². The van der Waals surface area contributed by atoms with Crippen molar-refractivity contribution in [2.45, 2.75) is 50.0 Å². The average molecular weight is 468 g/mol. The summed E-state index contributed by atoms with van der Waals surface area (Å²) in [6.45, 7) is -3.04. The van der Waals surface area contributed by atoms with Crippen LogP contribution in [0.3, 0.4) is 0 Å². The van der Waals surface area contributed by atoms with Crippen LogP contribution in [0, 0.1) is 17.3 Å². The number of carbonyl (C=O) groups is 1. The van der Waals surface area contributed by atoms with E-state index in [2.05, 4.69) is 9.73 Å². The van der Waals surface area contributed by atoms with Crippen molar-refractivity contribution in [2.75, 3.05) is 14.2 Å². The van der Waals surface area contributed by atoms with Gasteiger partial charge in [-0.2, -0.15) is 8.78 Å². The van der Waals surface area contributed by atoms with E-state index in [4.69, 9.17) is 25.8 Å². The van der Waals surface area contributed by atoms with E-state index in [0.717, 1.165) is 32.1 Å². The lowest BCUT2D eigenvalue weighted by Gasteiger charge is -2.59. The number of aliphatic imine (C=N–C) groups is 1. The van der Waals surface area contributed by atoms with Crippen LogP contribution in [0.15, 0.2) is 22.8 Å². The highest BCUT2D eigenvalue weighted by molar-refractivity contribution is 6.24. The number of rotatable bonds is 6. The molecule has 9 heteroatoms. The van der Waals surface area contributed by atoms with E-state index in [1.807, 2.05) is 0 Å². The smallest absolute Gasteiger partial charge is 0.387 e. The number of esters is 1. The van der Waals surface area contributed by atoms with Crippen molar-refractivity contribution >= 4 is 29.5 Å². The molecule has 1 aromatic carbocycles. The third-order valence-electron chi connectivity index (χ3n) is 7.06. The third-order valence-corrected chi connectivity index (χ3v) is 7.50. The predicted octanol–water partition coefficient (Wildman–Crippen LogP) is 5.18. The molecule has 0 radical (unpaired) electrons. The molecule has 32 heavy (non-hydrogen) atoms. The van der Waals surface area contributed by atoms with Crippen molar-refractivity contribution in [3.05, 3.63) is 23.4 Å². The monoisotopic (exact) mass is 467 g/mol. The summed E-state index contributed by atoms with van der Waals surface area (Å²) in [5, 5.41) is 0. The summed E-state index contributed by atoms with van der Waals surface area (Å²) in [5.74, 6) is 0.897. The SMILES string of the molecule is COc1cc(/C=C2\N=C(C34C[C@H]5C[C@@H](CC(Cl)(C5)C3)C4)OC2=O)cc(OC)c1OC(F)F. The molecule has 1 aliphatic heterocycles. The topological polar surface area (TPSA) is 66.4 Å². The van der Waals surface area contributed by atoms with E-state index in [9.17, 15) is 13.6 Å². The highest BCUT2D eigenvalue weighted by Crippen LogP contribution is 2.64. The minimum atomic E-state index is -3.04. The molecule has 4 saturated carbocycles. The van der Waals surface area contributed by atoms with Crippen molar-refractivity contribution < 1.29 is 32.5 Å². The number of cyclic esters (lactones) is 1. The molecule has 0 aromatic heterocycles. The molecule has 4 bridgehead atoms. The second-order valence-corrected chi connectivity index (χ2v) is 10.2. The Bertz CT molecular complexity index is 985. The molecule has 4 aliphatic carbocycles. The zero-order chi connectivity index (χ0) is 22.7. The van der Waals surface area contributed by atoms with Gasteiger partial charge in [-0.3, -0.25) is 0 Å². The summed E-state index contributed by atoms with van der Waals surface area (Å²) in [5.41, 5.74) is 0.337. The first-order valence-corrected chi connectivity index (χ1v) is 11.0. The van der Waals surface area contributed by atoms with E-state index in [1.165, 1.54) is 38.8 Å². The fraction of sp³-hybridized carbons (Fsp3) is 0.565. The van der Waals surface area contributed by atoms with Crippen LogP contribution in [0.2, 0.25) is 0 Å². The first-order chi connectivity index (χ1) is 15.2. The lowest BCUT2D eigenvalue weighted by Crippen LogP contribution is -2.56. The van der Waals surface area contributed by atoms with E-state index >= 15 is 0 Å². The summed E-state index contributed by atoms with van der Waals surface area (Å²) in [6, 6.07) is 2.96. The lowest BCUT2D eigenvalue weighted by atomic mass is 9.49. The summed E-state index contributed by atoms with van der Waals surface area (Å²) >= 11 is 6.92. The van der Waals surface area contributed by atoms with Crippen molar-refractivity contribution in [2.24, 2.45) is 22.2 Å². The molecule has 2 atom stereocenters. The fourth-order valence-electron chi connectivity index (χ4n) is 6.38. The first kappa shape index (κ1) is 21.5. The molecular weight excluding hydrogens is 444 g/mol. The molecule has 172 valence electrons. The molecule has 5 aliphatic rings. The van der Waals surface area contributed by atoms with Gasteiger partial charge < -0.3 is 18.9 Å². The summed E-state index contributed by atoms with van der Waals surface area (Å²) in [4.78, 5) is 17.0. The van der Waals surface area contributed by atoms with Gasteiger partial charge in [0.05, 0.1) is 14.2 Å². The first-order valence-electron chi connectivity index (χ1n) is 10.7. The molecule has 4 fully saturated rings. The van der Waals surface area contributed by atoms with Crippen LogP contribution >= 0.6 is 11.6 Å². The maximum Gasteiger partial charge on any atom is 0.387 e. The van der Waals surface area contributed by atoms with Gasteiger partial charge >= 0.3 is 12.6 Å². The predicted molar refractivity (Wildman–Crippen MR) is 113 cm³/mol. The average Bonchev–Trinajstić information content (AvgIpc) is 3.07. The van der Waals surface area contributed by atoms with E-state index in [0.29, 0.717) is 23.3 Å². The number of ether oxygens (including phenoxy) is 4. The normalized spacial score (nSPS) is 34.1. The quantitative estimate of drug-likeness (QED) is 0.327. The molecule has 0 saturated heterocycles. The zero-order valence-corrected chi connectivity index (χ0v) is 18.6. The number of hydrogen-bond acceptors (Lipinski definition) is 6. The van der Waals surface area contributed by atoms with Gasteiger partial charge in [0.15, 0.2) is 17.2 Å². The molecule has 0 spiro atoms. The zero-order valence-electron chi connectivity index (χ0n) is 17.8. The van der Waals surface area contributed by atoms with Crippen molar-refractivity contribution in [1.82, 2.24) is 0 Å². The molecule has 0 N–H and O–H groups in total. The summed E-state index contributed by atoms with van der Waals surface area (Å²) in [6.07, 6.45) is 7.41. The second-order valence-electron chi connectivity index (χ2n) is 9.36. The van der Waals surface area contributed by atoms with Crippen molar-refractivity contribution in [3.8, 4) is 17.2 Å². The van der Waals surface area contributed by atoms with Gasteiger partial charge in [0.1, 0.15) is 0 Å². The van der Waals surface area contributed by atoms with Crippen LogP contribution in [0.4, 0.5) is 8.78 Å². The van der Waals surface area contributed by atoms with Gasteiger partial charge in [0.25, 0.3) is 0 Å². The Morgan fingerprint density at radius 3 is 2.31 bits per heavy atom. The van der Waals surface area contributed by atoms with Crippen LogP contribution in [0.5, 0.6) is 17.2 Å². The Balaban J connectivity index is 1.48. The van der Waals surface area contributed by atoms with Crippen molar-refractivity contribution in [3.63, 3.8) is 0 Å². The number of nitrogens with zero attached hydrogens (tertiary/aromatic N) is 1. The summed E-state index contributed by atoms with van der Waals surface area (Å²) < 4.78 is 46.1. The largest absolute Gasteiger partial charge is 0.493 e. The number of hydrogen-bond donors (Lipinski definition) is 0. The minimum Gasteiger partial charge on any atom is -0.493 e. The standard InChI is InChI=1S/C23H24ClF2NO5/c1-29-16-5-12(6-17(30-2)18(16)31-21(25)26)4-15-19(28)32-20(27-15)22-7-13-3-14(8-22)10-23(24,9-13)11-22/h4-6,13-14,21H,3,7-11H2,1-2H3/b15-4-/t13-,14-,22?,23?/m1/s1. The Morgan fingerprint density at radius 1 is 1.16 bits per heavy atom. The van der Waals surface area contributed by atoms with E-state index in [1.54, 1.807) is 0 Å². The number of methoxy groups -OCH3 is 2. The van der Waals surface area contributed by atoms with Crippen LogP contribution in [0.1, 0.15) is 44.1 Å². The van der Waals surface area contributed by atoms with Gasteiger partial charge in [0.2, 0.25) is 11.6 Å². The maximum atomic E-state index is 12.8. The molecule has 1 aromatic rings. The molecule has 6 rings (SSSR count). The Labute approximate surface area is 189 Å². The molecule has 1 heterocycles. The van der Waals surface area contributed by atoms with E-state index < -0.39 is 12.6 Å². The highest BCUT2D eigenvalue weighted by atomic mass is 35.5. The van der Waals surface area contributed by atoms with Gasteiger partial charge in [-0.25, -0.2) is 9.79 Å². The molecule has 6 nitrogen and oxygen atoms in total. The Kier molecular flexibility index (Phi) is 5.11. The van der Waals surface area contributed by atoms with Crippen LogP contribution in [0.25, 0.3) is 6.08 Å². The Morgan fingerprint density at radius 2 is 1.78 bits per heavy atom. The molecule has 0 amide bonds. The van der Waals surface area contributed by atoms with Crippen LogP contribution in [-0.4, -0.2) is 37.6 Å². The third kappa shape index (κ3) is 3.62. The van der Waals surface area contributed by atoms with Crippen LogP contribution in [-0.2, 0) is 9.53 Å². The molecule has 0 unspecified atom stereocenters. The fourth-order valence-corrected chi connectivity index (χ4v) is 7.08. The number of benzene rings is 1. The van der Waals surface area contributed by atoms with Crippen LogP contribution < -0.4 is 14.2 Å². The Hall–Kier alpha value is -2.35. The number of alkyl halides is 3. The minimum absolute atomic E-state index is 0.0530. The second kappa shape index (κ2) is 7.61.